The Labute approximate surface area is 139 Å². The summed E-state index contributed by atoms with van der Waals surface area (Å²) >= 11 is 5.44. The molecule has 6 saturated carbocycles. The summed E-state index contributed by atoms with van der Waals surface area (Å²) in [5.41, 5.74) is 0.430. The fourth-order valence-electron chi connectivity index (χ4n) is 7.50. The Kier molecular flexibility index (Phi) is 2.55. The zero-order valence-electron chi connectivity index (χ0n) is 10.3. The average Bonchev–Trinajstić information content (AvgIpc) is 3.05. The third-order valence-corrected chi connectivity index (χ3v) is 10.9. The Bertz CT molecular complexity index is 446. The number of hydrogen-bond acceptors (Lipinski definition) is 3. The Morgan fingerprint density at radius 1 is 1.21 bits per heavy atom. The maximum absolute atomic E-state index is 10.6. The molecule has 106 valence electrons. The van der Waals surface area contributed by atoms with Crippen LogP contribution in [0.2, 0.25) is 0 Å². The highest BCUT2D eigenvalue weighted by atomic mass is 127. The van der Waals surface area contributed by atoms with Crippen molar-refractivity contribution in [2.45, 2.75) is 20.7 Å². The van der Waals surface area contributed by atoms with Crippen LogP contribution in [-0.4, -0.2) is 19.7 Å². The first kappa shape index (κ1) is 12.8. The number of quaternary nitrogens is 1. The van der Waals surface area contributed by atoms with Gasteiger partial charge in [-0.2, -0.15) is 10.0 Å². The van der Waals surface area contributed by atoms with Crippen molar-refractivity contribution in [3.63, 3.8) is 0 Å². The van der Waals surface area contributed by atoms with E-state index in [1.165, 1.54) is 6.42 Å². The van der Waals surface area contributed by atoms with E-state index in [0.29, 0.717) is 12.0 Å². The van der Waals surface area contributed by atoms with Crippen LogP contribution in [0.3, 0.4) is 0 Å². The predicted molar refractivity (Wildman–Crippen MR) is 83.8 cm³/mol. The monoisotopic (exact) mass is 489 g/mol. The molecule has 0 aliphatic heterocycles. The van der Waals surface area contributed by atoms with Gasteiger partial charge in [-0.15, -0.1) is 0 Å². The molecule has 19 heavy (non-hydrogen) atoms. The van der Waals surface area contributed by atoms with Crippen LogP contribution in [-0.2, 0) is 4.84 Å². The van der Waals surface area contributed by atoms with Gasteiger partial charge in [-0.25, -0.2) is 0 Å². The SMILES string of the molecule is [O-][NH+](O)OCC[C@]12[C@@H]3[C@@H](I)[C@@H]4[C@H]5C[C@H]([C@@H]([C@H]53)[C@H]1I)[C@H]42. The minimum Gasteiger partial charge on any atom is -0.566 e. The Morgan fingerprint density at radius 2 is 2.00 bits per heavy atom. The lowest BCUT2D eigenvalue weighted by atomic mass is 9.62. The van der Waals surface area contributed by atoms with Crippen molar-refractivity contribution in [2.75, 3.05) is 6.61 Å². The summed E-state index contributed by atoms with van der Waals surface area (Å²) in [6.07, 6.45) is 2.47. The van der Waals surface area contributed by atoms with E-state index < -0.39 is 5.39 Å². The summed E-state index contributed by atoms with van der Waals surface area (Å²) in [4.78, 5) is 4.87. The topological polar surface area (TPSA) is 57.0 Å². The van der Waals surface area contributed by atoms with Gasteiger partial charge in [0, 0.05) is 7.85 Å². The molecule has 6 aliphatic rings. The van der Waals surface area contributed by atoms with E-state index in [9.17, 15) is 5.21 Å². The zero-order chi connectivity index (χ0) is 13.1. The van der Waals surface area contributed by atoms with Gasteiger partial charge in [-0.05, 0) is 59.7 Å². The van der Waals surface area contributed by atoms with Crippen LogP contribution in [0, 0.1) is 52.0 Å². The lowest BCUT2D eigenvalue weighted by molar-refractivity contribution is -1.21. The highest BCUT2D eigenvalue weighted by molar-refractivity contribution is 14.1. The molecule has 0 radical (unpaired) electrons. The fraction of sp³-hybridized carbons (Fsp3) is 1.00. The molecule has 0 amide bonds. The first-order chi connectivity index (χ1) is 9.09. The number of rotatable bonds is 4. The molecule has 0 aromatic carbocycles. The molecule has 0 aromatic rings. The van der Waals surface area contributed by atoms with Crippen LogP contribution in [0.4, 0.5) is 0 Å². The molecule has 1 unspecified atom stereocenters. The van der Waals surface area contributed by atoms with Gasteiger partial charge in [-0.3, -0.25) is 0 Å². The van der Waals surface area contributed by atoms with Crippen molar-refractivity contribution in [1.82, 2.24) is 0 Å². The van der Waals surface area contributed by atoms with Gasteiger partial charge in [0.2, 0.25) is 0 Å². The highest BCUT2D eigenvalue weighted by Crippen LogP contribution is 2.89. The fourth-order valence-corrected chi connectivity index (χ4v) is 11.8. The van der Waals surface area contributed by atoms with Gasteiger partial charge in [0.15, 0.2) is 0 Å². The molecule has 11 atom stereocenters. The van der Waals surface area contributed by atoms with Crippen LogP contribution >= 0.6 is 45.2 Å². The maximum Gasteiger partial charge on any atom is 0.111 e. The van der Waals surface area contributed by atoms with E-state index in [4.69, 9.17) is 10.0 Å². The standard InChI is InChI=1S/C13H17I2NO3/c14-11-8-4-3-5-7-6(4)10(11)13(9(5)8,12(7)15)1-2-19-16(17)18/h4-12,16-17H,1-3H2/t4-,5+,6-,7-,8+,9+,10-,11-,12+,13-/m0/s1. The predicted octanol–water partition coefficient (Wildman–Crippen LogP) is 1.45. The van der Waals surface area contributed by atoms with E-state index in [1.807, 2.05) is 0 Å². The van der Waals surface area contributed by atoms with Crippen LogP contribution < -0.4 is 5.39 Å². The van der Waals surface area contributed by atoms with E-state index in [0.717, 1.165) is 55.7 Å². The number of hydrogen-bond donors (Lipinski definition) is 2. The largest absolute Gasteiger partial charge is 0.566 e. The molecule has 6 bridgehead atoms. The molecule has 6 fully saturated rings. The van der Waals surface area contributed by atoms with Crippen LogP contribution in [0.25, 0.3) is 0 Å². The van der Waals surface area contributed by atoms with Crippen molar-refractivity contribution < 1.29 is 15.4 Å². The second kappa shape index (κ2) is 3.79. The minimum absolute atomic E-state index is 0.411. The van der Waals surface area contributed by atoms with Crippen molar-refractivity contribution in [2.24, 2.45) is 46.8 Å². The molecule has 2 N–H and O–H groups in total. The molecule has 6 aliphatic carbocycles. The van der Waals surface area contributed by atoms with E-state index in [1.54, 1.807) is 0 Å². The van der Waals surface area contributed by atoms with Gasteiger partial charge in [0.05, 0.1) is 0 Å². The summed E-state index contributed by atoms with van der Waals surface area (Å²) in [7, 11) is 0. The summed E-state index contributed by atoms with van der Waals surface area (Å²) in [5.74, 6) is 6.68. The molecule has 0 saturated heterocycles. The summed E-state index contributed by atoms with van der Waals surface area (Å²) in [6, 6.07) is 0. The quantitative estimate of drug-likeness (QED) is 0.358. The second-order valence-corrected chi connectivity index (χ2v) is 9.95. The van der Waals surface area contributed by atoms with Gasteiger partial charge in [-0.1, -0.05) is 50.6 Å². The molecule has 0 aromatic heterocycles. The molecule has 0 spiro atoms. The third-order valence-electron chi connectivity index (χ3n) is 7.33. The van der Waals surface area contributed by atoms with Crippen molar-refractivity contribution >= 4 is 45.2 Å². The summed E-state index contributed by atoms with van der Waals surface area (Å²) in [5, 5.41) is 18.2. The minimum atomic E-state index is -1.11. The van der Waals surface area contributed by atoms with E-state index >= 15 is 0 Å². The molecule has 4 nitrogen and oxygen atoms in total. The lowest BCUT2D eigenvalue weighted by Crippen LogP contribution is -3.03. The van der Waals surface area contributed by atoms with Gasteiger partial charge in [0.25, 0.3) is 0 Å². The molecular formula is C13H17I2NO3. The van der Waals surface area contributed by atoms with E-state index in [-0.39, 0.29) is 0 Å². The Morgan fingerprint density at radius 3 is 2.74 bits per heavy atom. The third kappa shape index (κ3) is 1.17. The molecule has 6 rings (SSSR count). The number of nitrogens with one attached hydrogen (secondary N) is 1. The second-order valence-electron chi connectivity index (χ2n) is 7.17. The van der Waals surface area contributed by atoms with Crippen molar-refractivity contribution in [3.8, 4) is 0 Å². The van der Waals surface area contributed by atoms with Crippen LogP contribution in [0.15, 0.2) is 0 Å². The van der Waals surface area contributed by atoms with Crippen LogP contribution in [0.5, 0.6) is 0 Å². The Balaban J connectivity index is 1.51. The van der Waals surface area contributed by atoms with Crippen LogP contribution in [0.1, 0.15) is 12.8 Å². The number of alkyl halides is 2. The van der Waals surface area contributed by atoms with Gasteiger partial charge in [0.1, 0.15) is 6.61 Å². The lowest BCUT2D eigenvalue weighted by Gasteiger charge is -2.42. The molecular weight excluding hydrogens is 472 g/mol. The zero-order valence-corrected chi connectivity index (χ0v) is 14.7. The molecule has 6 heteroatoms. The normalized spacial score (nSPS) is 67.9. The summed E-state index contributed by atoms with van der Waals surface area (Å²) < 4.78 is 1.64. The smallest absolute Gasteiger partial charge is 0.111 e. The first-order valence-corrected chi connectivity index (χ1v) is 9.72. The first-order valence-electron chi connectivity index (χ1n) is 7.23. The average molecular weight is 489 g/mol. The van der Waals surface area contributed by atoms with Crippen molar-refractivity contribution in [3.05, 3.63) is 5.21 Å². The Hall–Kier alpha value is 1.30. The van der Waals surface area contributed by atoms with Gasteiger partial charge >= 0.3 is 0 Å². The maximum atomic E-state index is 10.6. The van der Waals surface area contributed by atoms with Crippen molar-refractivity contribution in [1.29, 1.82) is 0 Å². The number of halogens is 2. The van der Waals surface area contributed by atoms with Gasteiger partial charge < -0.3 is 5.21 Å². The molecule has 0 heterocycles. The highest BCUT2D eigenvalue weighted by Gasteiger charge is 2.87. The van der Waals surface area contributed by atoms with E-state index in [2.05, 4.69) is 45.2 Å². The summed E-state index contributed by atoms with van der Waals surface area (Å²) in [6.45, 7) is 0.411.